The zero-order valence-corrected chi connectivity index (χ0v) is 19.2. The van der Waals surface area contributed by atoms with Crippen molar-refractivity contribution in [1.29, 1.82) is 0 Å². The lowest BCUT2D eigenvalue weighted by atomic mass is 9.80. The van der Waals surface area contributed by atoms with Gasteiger partial charge in [0.05, 0.1) is 12.0 Å². The molecule has 2 aliphatic rings. The third-order valence-corrected chi connectivity index (χ3v) is 7.22. The maximum absolute atomic E-state index is 14.0. The summed E-state index contributed by atoms with van der Waals surface area (Å²) >= 11 is 1.64. The number of benzene rings is 1. The molecule has 1 aromatic carbocycles. The Balaban J connectivity index is 1.82. The van der Waals surface area contributed by atoms with Crippen molar-refractivity contribution in [1.82, 2.24) is 9.80 Å². The number of hydrogen-bond acceptors (Lipinski definition) is 3. The summed E-state index contributed by atoms with van der Waals surface area (Å²) in [5.41, 5.74) is 1.57. The maximum atomic E-state index is 14.0. The van der Waals surface area contributed by atoms with Crippen molar-refractivity contribution in [2.45, 2.75) is 46.1 Å². The van der Waals surface area contributed by atoms with Crippen LogP contribution in [0.1, 0.15) is 66.9 Å². The Morgan fingerprint density at radius 3 is 2.43 bits per heavy atom. The van der Waals surface area contributed by atoms with Gasteiger partial charge in [0, 0.05) is 30.1 Å². The molecule has 1 aromatic heterocycles. The molecule has 0 spiro atoms. The number of amides is 2. The number of hydrogen-bond donors (Lipinski definition) is 0. The number of thiophene rings is 1. The predicted molar refractivity (Wildman–Crippen MR) is 122 cm³/mol. The largest absolute Gasteiger partial charge is 0.342 e. The fourth-order valence-electron chi connectivity index (χ4n) is 5.27. The summed E-state index contributed by atoms with van der Waals surface area (Å²) < 4.78 is 0. The summed E-state index contributed by atoms with van der Waals surface area (Å²) in [6.07, 6.45) is 1.16. The van der Waals surface area contributed by atoms with Crippen LogP contribution in [0.25, 0.3) is 0 Å². The van der Waals surface area contributed by atoms with E-state index in [4.69, 9.17) is 0 Å². The molecule has 1 saturated heterocycles. The molecule has 160 valence electrons. The number of likely N-dealkylation sites (tertiary alicyclic amines) is 1. The van der Waals surface area contributed by atoms with Crippen molar-refractivity contribution in [2.75, 3.05) is 19.6 Å². The number of piperidine rings is 1. The summed E-state index contributed by atoms with van der Waals surface area (Å²) in [4.78, 5) is 32.7. The average Bonchev–Trinajstić information content (AvgIpc) is 3.22. The highest BCUT2D eigenvalue weighted by molar-refractivity contribution is 7.10. The van der Waals surface area contributed by atoms with E-state index in [2.05, 4.69) is 38.7 Å². The lowest BCUT2D eigenvalue weighted by Gasteiger charge is -2.45. The second kappa shape index (κ2) is 8.54. The molecule has 3 heterocycles. The summed E-state index contributed by atoms with van der Waals surface area (Å²) in [6.45, 7) is 11.0. The van der Waals surface area contributed by atoms with Gasteiger partial charge in [-0.2, -0.15) is 0 Å². The van der Waals surface area contributed by atoms with Crippen LogP contribution in [0.5, 0.6) is 0 Å². The minimum absolute atomic E-state index is 0.0436. The zero-order valence-electron chi connectivity index (χ0n) is 18.4. The van der Waals surface area contributed by atoms with Gasteiger partial charge >= 0.3 is 0 Å². The van der Waals surface area contributed by atoms with Crippen LogP contribution in [0.2, 0.25) is 0 Å². The Hall–Kier alpha value is -2.14. The average molecular weight is 425 g/mol. The van der Waals surface area contributed by atoms with E-state index >= 15 is 0 Å². The number of carbonyl (C=O) groups is 2. The molecular formula is C25H32N2O2S. The van der Waals surface area contributed by atoms with Gasteiger partial charge in [0.15, 0.2) is 0 Å². The van der Waals surface area contributed by atoms with Gasteiger partial charge in [0.25, 0.3) is 5.91 Å². The third-order valence-electron chi connectivity index (χ3n) is 6.28. The van der Waals surface area contributed by atoms with Gasteiger partial charge < -0.3 is 9.80 Å². The fourth-order valence-corrected chi connectivity index (χ4v) is 6.14. The molecular weight excluding hydrogens is 392 g/mol. The molecule has 4 rings (SSSR count). The fraction of sp³-hybridized carbons (Fsp3) is 0.520. The van der Waals surface area contributed by atoms with Gasteiger partial charge in [-0.1, -0.05) is 52.0 Å². The summed E-state index contributed by atoms with van der Waals surface area (Å²) in [6, 6.07) is 11.6. The highest BCUT2D eigenvalue weighted by Crippen LogP contribution is 2.45. The van der Waals surface area contributed by atoms with Crippen LogP contribution in [-0.2, 0) is 4.79 Å². The second-order valence-electron chi connectivity index (χ2n) is 9.57. The number of nitrogens with zero attached hydrogens (tertiary/aromatic N) is 2. The van der Waals surface area contributed by atoms with Crippen molar-refractivity contribution >= 4 is 23.2 Å². The maximum Gasteiger partial charge on any atom is 0.254 e. The van der Waals surface area contributed by atoms with Crippen LogP contribution in [0.4, 0.5) is 0 Å². The quantitative estimate of drug-likeness (QED) is 0.678. The molecule has 4 atom stereocenters. The summed E-state index contributed by atoms with van der Waals surface area (Å²) in [5.74, 6) is 1.19. The molecule has 30 heavy (non-hydrogen) atoms. The molecule has 5 heteroatoms. The van der Waals surface area contributed by atoms with Crippen molar-refractivity contribution in [3.63, 3.8) is 0 Å². The Morgan fingerprint density at radius 2 is 1.80 bits per heavy atom. The Kier molecular flexibility index (Phi) is 6.01. The first-order chi connectivity index (χ1) is 14.4. The highest BCUT2D eigenvalue weighted by Gasteiger charge is 2.46. The van der Waals surface area contributed by atoms with Crippen LogP contribution in [0.3, 0.4) is 0 Å². The zero-order chi connectivity index (χ0) is 21.4. The van der Waals surface area contributed by atoms with E-state index in [1.54, 1.807) is 11.3 Å². The Morgan fingerprint density at radius 1 is 1.10 bits per heavy atom. The van der Waals surface area contributed by atoms with E-state index in [1.165, 1.54) is 0 Å². The molecule has 4 nitrogen and oxygen atoms in total. The molecule has 0 aliphatic carbocycles. The minimum atomic E-state index is -0.353. The van der Waals surface area contributed by atoms with E-state index in [9.17, 15) is 9.59 Å². The van der Waals surface area contributed by atoms with Gasteiger partial charge in [-0.3, -0.25) is 9.59 Å². The molecule has 2 aliphatic heterocycles. The number of carbonyl (C=O) groups excluding carboxylic acids is 2. The normalized spacial score (nSPS) is 26.8. The van der Waals surface area contributed by atoms with Crippen molar-refractivity contribution in [2.24, 2.45) is 17.8 Å². The first kappa shape index (κ1) is 21.1. The van der Waals surface area contributed by atoms with Gasteiger partial charge in [-0.05, 0) is 47.3 Å². The SMILES string of the molecule is CC(C)CN1C(=O)c2ccccc2[C@H](C(=O)N2C[C@H](C)C[C@H](C)C2)[C@@H]1c1cccs1. The van der Waals surface area contributed by atoms with Crippen molar-refractivity contribution < 1.29 is 9.59 Å². The Labute approximate surface area is 183 Å². The standard InChI is InChI=1S/C25H32N2O2S/c1-16(2)13-27-23(21-10-7-11-30-21)22(19-8-5-6-9-20(19)24(27)28)25(29)26-14-17(3)12-18(4)15-26/h5-11,16-18,22-23H,12-15H2,1-4H3/t17-,18+,22-,23-/m0/s1. The monoisotopic (exact) mass is 424 g/mol. The lowest BCUT2D eigenvalue weighted by Crippen LogP contribution is -2.51. The van der Waals surface area contributed by atoms with Gasteiger partial charge in [0.1, 0.15) is 0 Å². The molecule has 0 unspecified atom stereocenters. The summed E-state index contributed by atoms with van der Waals surface area (Å²) in [5, 5.41) is 2.04. The first-order valence-corrected chi connectivity index (χ1v) is 12.0. The molecule has 0 radical (unpaired) electrons. The lowest BCUT2D eigenvalue weighted by molar-refractivity contribution is -0.137. The molecule has 0 saturated carbocycles. The van der Waals surface area contributed by atoms with Gasteiger partial charge in [0.2, 0.25) is 5.91 Å². The Bertz CT molecular complexity index is 898. The van der Waals surface area contributed by atoms with Crippen LogP contribution in [0.15, 0.2) is 41.8 Å². The van der Waals surface area contributed by atoms with Crippen LogP contribution in [0, 0.1) is 17.8 Å². The molecule has 2 aromatic rings. The van der Waals surface area contributed by atoms with Crippen LogP contribution < -0.4 is 0 Å². The van der Waals surface area contributed by atoms with Crippen molar-refractivity contribution in [3.05, 3.63) is 57.8 Å². The molecule has 0 N–H and O–H groups in total. The summed E-state index contributed by atoms with van der Waals surface area (Å²) in [7, 11) is 0. The molecule has 0 bridgehead atoms. The van der Waals surface area contributed by atoms with E-state index in [-0.39, 0.29) is 23.8 Å². The van der Waals surface area contributed by atoms with Gasteiger partial charge in [-0.15, -0.1) is 11.3 Å². The van der Waals surface area contributed by atoms with E-state index < -0.39 is 0 Å². The molecule has 1 fully saturated rings. The predicted octanol–water partition coefficient (Wildman–Crippen LogP) is 5.19. The molecule has 2 amide bonds. The highest BCUT2D eigenvalue weighted by atomic mass is 32.1. The van der Waals surface area contributed by atoms with Crippen LogP contribution >= 0.6 is 11.3 Å². The van der Waals surface area contributed by atoms with Gasteiger partial charge in [-0.25, -0.2) is 0 Å². The number of rotatable bonds is 4. The smallest absolute Gasteiger partial charge is 0.254 e. The van der Waals surface area contributed by atoms with E-state index in [1.807, 2.05) is 40.6 Å². The first-order valence-electron chi connectivity index (χ1n) is 11.1. The van der Waals surface area contributed by atoms with E-state index in [0.29, 0.717) is 29.9 Å². The minimum Gasteiger partial charge on any atom is -0.342 e. The van der Waals surface area contributed by atoms with Crippen LogP contribution in [-0.4, -0.2) is 41.2 Å². The van der Waals surface area contributed by atoms with E-state index in [0.717, 1.165) is 30.0 Å². The van der Waals surface area contributed by atoms with Crippen molar-refractivity contribution in [3.8, 4) is 0 Å². The second-order valence-corrected chi connectivity index (χ2v) is 10.5. The number of fused-ring (bicyclic) bond motifs is 1. The topological polar surface area (TPSA) is 40.6 Å². The third kappa shape index (κ3) is 3.92.